The van der Waals surface area contributed by atoms with Crippen LogP contribution in [0.4, 0.5) is 29.2 Å². The van der Waals surface area contributed by atoms with Crippen molar-refractivity contribution in [3.05, 3.63) is 142 Å². The maximum atomic E-state index is 13.3. The van der Waals surface area contributed by atoms with Crippen molar-refractivity contribution in [1.82, 2.24) is 20.6 Å². The second-order valence-electron chi connectivity index (χ2n) is 13.8. The van der Waals surface area contributed by atoms with E-state index in [2.05, 4.69) is 30.4 Å². The SMILES string of the molecule is O=C(NC1CCN(c2nccc3cc(Cl)ccc23)CC1)c1cc(F)cc(F)c1.O=C(NC1CCN(c2nccc3cc(Cl)ccc23)CC1)c1ccc(F)c(F)c1. The molecule has 0 atom stereocenters. The number of pyridine rings is 2. The number of fused-ring (bicyclic) bond motifs is 2. The molecule has 288 valence electrons. The third-order valence-corrected chi connectivity index (χ3v) is 10.4. The van der Waals surface area contributed by atoms with Gasteiger partial charge in [0, 0.05) is 88.7 Å². The van der Waals surface area contributed by atoms with E-state index >= 15 is 0 Å². The Morgan fingerprint density at radius 1 is 0.554 bits per heavy atom. The fourth-order valence-corrected chi connectivity index (χ4v) is 7.46. The number of amides is 2. The molecule has 8 nitrogen and oxygen atoms in total. The Morgan fingerprint density at radius 2 is 1.02 bits per heavy atom. The van der Waals surface area contributed by atoms with Crippen molar-refractivity contribution in [2.24, 2.45) is 0 Å². The van der Waals surface area contributed by atoms with Crippen LogP contribution in [0.5, 0.6) is 0 Å². The average molecular weight is 804 g/mol. The summed E-state index contributed by atoms with van der Waals surface area (Å²) in [5.41, 5.74) is 0.112. The van der Waals surface area contributed by atoms with Crippen LogP contribution in [0, 0.1) is 23.3 Å². The summed E-state index contributed by atoms with van der Waals surface area (Å²) in [5, 5.41) is 11.3. The van der Waals surface area contributed by atoms with E-state index in [-0.39, 0.29) is 23.2 Å². The van der Waals surface area contributed by atoms with Crippen molar-refractivity contribution < 1.29 is 27.2 Å². The van der Waals surface area contributed by atoms with Crippen molar-refractivity contribution >= 4 is 68.2 Å². The Balaban J connectivity index is 0.000000172. The van der Waals surface area contributed by atoms with Gasteiger partial charge in [-0.05, 0) is 115 Å². The van der Waals surface area contributed by atoms with Gasteiger partial charge >= 0.3 is 0 Å². The summed E-state index contributed by atoms with van der Waals surface area (Å²) in [6.45, 7) is 2.91. The van der Waals surface area contributed by atoms with E-state index in [0.29, 0.717) is 10.0 Å². The van der Waals surface area contributed by atoms with Crippen LogP contribution in [0.15, 0.2) is 97.3 Å². The number of aromatic nitrogens is 2. The minimum absolute atomic E-state index is 0.00692. The molecule has 0 saturated carbocycles. The lowest BCUT2D eigenvalue weighted by molar-refractivity contribution is 0.0922. The van der Waals surface area contributed by atoms with Gasteiger partial charge in [0.2, 0.25) is 0 Å². The van der Waals surface area contributed by atoms with Crippen molar-refractivity contribution in [2.75, 3.05) is 36.0 Å². The van der Waals surface area contributed by atoms with E-state index in [9.17, 15) is 27.2 Å². The molecule has 0 radical (unpaired) electrons. The van der Waals surface area contributed by atoms with Crippen molar-refractivity contribution in [1.29, 1.82) is 0 Å². The minimum Gasteiger partial charge on any atom is -0.356 e. The molecule has 2 saturated heterocycles. The Morgan fingerprint density at radius 3 is 1.48 bits per heavy atom. The molecule has 4 aromatic carbocycles. The summed E-state index contributed by atoms with van der Waals surface area (Å²) < 4.78 is 53.0. The summed E-state index contributed by atoms with van der Waals surface area (Å²) in [5.74, 6) is -2.57. The zero-order chi connectivity index (χ0) is 39.3. The highest BCUT2D eigenvalue weighted by Gasteiger charge is 2.25. The smallest absolute Gasteiger partial charge is 0.251 e. The molecule has 2 aromatic heterocycles. The molecule has 0 unspecified atom stereocenters. The first-order chi connectivity index (χ1) is 27.0. The third kappa shape index (κ3) is 9.14. The minimum atomic E-state index is -1.02. The quantitative estimate of drug-likeness (QED) is 0.163. The number of anilines is 2. The second-order valence-corrected chi connectivity index (χ2v) is 14.6. The number of carbonyl (C=O) groups is 2. The van der Waals surface area contributed by atoms with Crippen LogP contribution in [0.25, 0.3) is 21.5 Å². The number of nitrogens with zero attached hydrogens (tertiary/aromatic N) is 4. The number of benzene rings is 4. The van der Waals surface area contributed by atoms with Gasteiger partial charge in [0.25, 0.3) is 11.8 Å². The Labute approximate surface area is 330 Å². The lowest BCUT2D eigenvalue weighted by Gasteiger charge is -2.33. The average Bonchev–Trinajstić information content (AvgIpc) is 3.18. The van der Waals surface area contributed by atoms with Crippen LogP contribution in [0.1, 0.15) is 46.4 Å². The van der Waals surface area contributed by atoms with E-state index in [1.54, 1.807) is 12.4 Å². The van der Waals surface area contributed by atoms with Gasteiger partial charge < -0.3 is 20.4 Å². The van der Waals surface area contributed by atoms with Gasteiger partial charge in [-0.15, -0.1) is 0 Å². The molecule has 2 aliphatic heterocycles. The highest BCUT2D eigenvalue weighted by atomic mass is 35.5. The topological polar surface area (TPSA) is 90.5 Å². The van der Waals surface area contributed by atoms with Gasteiger partial charge in [-0.1, -0.05) is 23.2 Å². The maximum Gasteiger partial charge on any atom is 0.251 e. The first-order valence-electron chi connectivity index (χ1n) is 18.1. The fourth-order valence-electron chi connectivity index (χ4n) is 7.10. The van der Waals surface area contributed by atoms with E-state index in [1.165, 1.54) is 6.07 Å². The van der Waals surface area contributed by atoms with E-state index in [1.807, 2.05) is 48.5 Å². The third-order valence-electron chi connectivity index (χ3n) is 9.98. The number of rotatable bonds is 6. The summed E-state index contributed by atoms with van der Waals surface area (Å²) in [6, 6.07) is 21.2. The molecule has 0 aliphatic carbocycles. The van der Waals surface area contributed by atoms with Gasteiger partial charge in [0.15, 0.2) is 11.6 Å². The molecule has 2 fully saturated rings. The van der Waals surface area contributed by atoms with Crippen molar-refractivity contribution in [3.8, 4) is 0 Å². The van der Waals surface area contributed by atoms with Crippen LogP contribution in [-0.2, 0) is 0 Å². The Kier molecular flexibility index (Phi) is 11.9. The molecule has 2 aliphatic rings. The van der Waals surface area contributed by atoms with Crippen LogP contribution in [0.3, 0.4) is 0 Å². The molecule has 56 heavy (non-hydrogen) atoms. The zero-order valence-corrected chi connectivity index (χ0v) is 31.4. The predicted octanol–water partition coefficient (Wildman–Crippen LogP) is 9.13. The largest absolute Gasteiger partial charge is 0.356 e. The van der Waals surface area contributed by atoms with Crippen LogP contribution in [-0.4, -0.2) is 60.0 Å². The van der Waals surface area contributed by atoms with Crippen LogP contribution < -0.4 is 20.4 Å². The monoisotopic (exact) mass is 802 g/mol. The normalized spacial score (nSPS) is 15.0. The number of nitrogens with one attached hydrogen (secondary N) is 2. The van der Waals surface area contributed by atoms with Gasteiger partial charge in [-0.2, -0.15) is 0 Å². The highest BCUT2D eigenvalue weighted by Crippen LogP contribution is 2.30. The van der Waals surface area contributed by atoms with Crippen molar-refractivity contribution in [2.45, 2.75) is 37.8 Å². The molecule has 8 rings (SSSR count). The first-order valence-corrected chi connectivity index (χ1v) is 18.9. The molecule has 2 amide bonds. The lowest BCUT2D eigenvalue weighted by Crippen LogP contribution is -2.45. The summed E-state index contributed by atoms with van der Waals surface area (Å²) in [4.78, 5) is 38.0. The molecule has 0 spiro atoms. The summed E-state index contributed by atoms with van der Waals surface area (Å²) in [6.07, 6.45) is 6.44. The molecule has 6 aromatic rings. The fraction of sp³-hybridized carbons (Fsp3) is 0.238. The first kappa shape index (κ1) is 38.8. The van der Waals surface area contributed by atoms with E-state index < -0.39 is 35.1 Å². The zero-order valence-electron chi connectivity index (χ0n) is 29.9. The van der Waals surface area contributed by atoms with Crippen molar-refractivity contribution in [3.63, 3.8) is 0 Å². The molecule has 0 bridgehead atoms. The number of piperidine rings is 2. The molecule has 2 N–H and O–H groups in total. The second kappa shape index (κ2) is 17.1. The van der Waals surface area contributed by atoms with E-state index in [0.717, 1.165) is 115 Å². The van der Waals surface area contributed by atoms with E-state index in [4.69, 9.17) is 23.2 Å². The number of hydrogen-bond donors (Lipinski definition) is 2. The number of hydrogen-bond acceptors (Lipinski definition) is 6. The molecular weight excluding hydrogens is 767 g/mol. The Bertz CT molecular complexity index is 2380. The maximum absolute atomic E-state index is 13.3. The Hall–Kier alpha value is -5.46. The van der Waals surface area contributed by atoms with Crippen LogP contribution >= 0.6 is 23.2 Å². The van der Waals surface area contributed by atoms with Gasteiger partial charge in [-0.25, -0.2) is 27.5 Å². The lowest BCUT2D eigenvalue weighted by atomic mass is 10.0. The summed E-state index contributed by atoms with van der Waals surface area (Å²) >= 11 is 12.1. The molecule has 14 heteroatoms. The number of halogens is 6. The predicted molar refractivity (Wildman–Crippen MR) is 212 cm³/mol. The van der Waals surface area contributed by atoms with Crippen LogP contribution in [0.2, 0.25) is 10.0 Å². The highest BCUT2D eigenvalue weighted by molar-refractivity contribution is 6.31. The van der Waals surface area contributed by atoms with Gasteiger partial charge in [0.05, 0.1) is 0 Å². The number of carbonyl (C=O) groups excluding carboxylic acids is 2. The standard InChI is InChI=1S/2C21H18ClF2N3O/c22-15-2-3-17-13(11-15)5-8-25-20(17)27-9-6-16(7-10-27)26-21(28)14-1-4-18(23)19(24)12-14;22-15-1-2-19-13(9-15)3-6-25-20(19)27-7-4-18(5-8-27)26-21(28)14-10-16(23)12-17(24)11-14/h1-5,8,11-12,16H,6-7,9-10H2,(H,26,28);1-3,6,9-12,18H,4-5,7-8H2,(H,26,28). The van der Waals surface area contributed by atoms with Gasteiger partial charge in [0.1, 0.15) is 23.3 Å². The van der Waals surface area contributed by atoms with Gasteiger partial charge in [-0.3, -0.25) is 9.59 Å². The molecule has 4 heterocycles. The molecular formula is C42H36Cl2F4N6O2. The summed E-state index contributed by atoms with van der Waals surface area (Å²) in [7, 11) is 0.